The molecule has 57 heavy (non-hydrogen) atoms. The molecule has 0 rings (SSSR count). The van der Waals surface area contributed by atoms with Crippen LogP contribution in [-0.2, 0) is 18.9 Å². The van der Waals surface area contributed by atoms with Gasteiger partial charge in [-0.25, -0.2) is 0 Å². The van der Waals surface area contributed by atoms with Gasteiger partial charge in [-0.1, -0.05) is 0 Å². The van der Waals surface area contributed by atoms with Gasteiger partial charge in [0.25, 0.3) is 0 Å². The van der Waals surface area contributed by atoms with E-state index in [0.29, 0.717) is 105 Å². The molecule has 0 aromatic carbocycles. The SMILES string of the molecule is NCCN(CCN)CCNCCOCC(COCCNCCN(CCN)CCN)(COCCNCCN(CCN)CCN)COCCNCCN(CCN)CCN. The van der Waals surface area contributed by atoms with E-state index in [9.17, 15) is 0 Å². The van der Waals surface area contributed by atoms with Crippen molar-refractivity contribution in [2.75, 3.05) is 236 Å². The summed E-state index contributed by atoms with van der Waals surface area (Å²) >= 11 is 0. The lowest BCUT2D eigenvalue weighted by Gasteiger charge is -2.33. The molecular weight excluding hydrogens is 733 g/mol. The van der Waals surface area contributed by atoms with E-state index < -0.39 is 5.41 Å². The van der Waals surface area contributed by atoms with Gasteiger partial charge in [-0.3, -0.25) is 19.6 Å². The fourth-order valence-electron chi connectivity index (χ4n) is 6.23. The monoisotopic (exact) mass is 825 g/mol. The second kappa shape index (κ2) is 43.3. The van der Waals surface area contributed by atoms with Gasteiger partial charge in [0, 0.05) is 183 Å². The predicted molar refractivity (Wildman–Crippen MR) is 235 cm³/mol. The fraction of sp³-hybridized carbons (Fsp3) is 1.00. The Morgan fingerprint density at radius 3 is 0.649 bits per heavy atom. The molecule has 0 saturated carbocycles. The summed E-state index contributed by atoms with van der Waals surface area (Å²) in [5.41, 5.74) is 45.6. The van der Waals surface area contributed by atoms with Crippen LogP contribution in [-0.4, -0.2) is 256 Å². The molecule has 344 valence electrons. The van der Waals surface area contributed by atoms with Gasteiger partial charge in [0.2, 0.25) is 0 Å². The molecule has 20 nitrogen and oxygen atoms in total. The van der Waals surface area contributed by atoms with E-state index in [2.05, 4.69) is 40.9 Å². The van der Waals surface area contributed by atoms with E-state index in [1.165, 1.54) is 0 Å². The van der Waals surface area contributed by atoms with Crippen molar-refractivity contribution in [2.45, 2.75) is 0 Å². The van der Waals surface area contributed by atoms with Crippen LogP contribution in [0.3, 0.4) is 0 Å². The zero-order valence-electron chi connectivity index (χ0n) is 36.0. The van der Waals surface area contributed by atoms with E-state index in [4.69, 9.17) is 64.8 Å². The molecule has 0 aliphatic rings. The molecular formula is C37H92N16O4. The van der Waals surface area contributed by atoms with Crippen LogP contribution in [0.1, 0.15) is 0 Å². The van der Waals surface area contributed by atoms with E-state index in [-0.39, 0.29) is 0 Å². The van der Waals surface area contributed by atoms with Gasteiger partial charge in [0.1, 0.15) is 0 Å². The molecule has 0 spiro atoms. The molecule has 0 atom stereocenters. The van der Waals surface area contributed by atoms with Crippen LogP contribution in [0, 0.1) is 5.41 Å². The first-order valence-electron chi connectivity index (χ1n) is 21.6. The molecule has 0 radical (unpaired) electrons. The van der Waals surface area contributed by atoms with E-state index >= 15 is 0 Å². The van der Waals surface area contributed by atoms with Gasteiger partial charge in [-0.05, 0) is 0 Å². The Morgan fingerprint density at radius 2 is 0.474 bits per heavy atom. The van der Waals surface area contributed by atoms with E-state index in [0.717, 1.165) is 131 Å². The van der Waals surface area contributed by atoms with Crippen molar-refractivity contribution < 1.29 is 18.9 Å². The lowest BCUT2D eigenvalue weighted by Crippen LogP contribution is -2.44. The normalized spacial score (nSPS) is 12.4. The summed E-state index contributed by atoms with van der Waals surface area (Å²) < 4.78 is 25.3. The molecule has 0 aromatic heterocycles. The molecule has 0 amide bonds. The minimum Gasteiger partial charge on any atom is -0.379 e. The van der Waals surface area contributed by atoms with Crippen LogP contribution in [0.4, 0.5) is 0 Å². The first-order valence-corrected chi connectivity index (χ1v) is 21.6. The summed E-state index contributed by atoms with van der Waals surface area (Å²) in [6.07, 6.45) is 0. The molecule has 0 aliphatic heterocycles. The van der Waals surface area contributed by atoms with Gasteiger partial charge in [-0.2, -0.15) is 0 Å². The molecule has 0 saturated heterocycles. The first-order chi connectivity index (χ1) is 28.0. The zero-order valence-corrected chi connectivity index (χ0v) is 36.0. The number of hydrogen-bond donors (Lipinski definition) is 12. The van der Waals surface area contributed by atoms with Crippen LogP contribution >= 0.6 is 0 Å². The fourth-order valence-corrected chi connectivity index (χ4v) is 6.23. The topological polar surface area (TPSA) is 306 Å². The highest BCUT2D eigenvalue weighted by molar-refractivity contribution is 4.80. The highest BCUT2D eigenvalue weighted by atomic mass is 16.5. The number of hydrogen-bond acceptors (Lipinski definition) is 20. The third kappa shape index (κ3) is 34.6. The smallest absolute Gasteiger partial charge is 0.0637 e. The molecule has 0 aliphatic carbocycles. The summed E-state index contributed by atoms with van der Waals surface area (Å²) in [6.45, 7) is 25.3. The highest BCUT2D eigenvalue weighted by Gasteiger charge is 2.32. The molecule has 0 unspecified atom stereocenters. The molecule has 20 heteroatoms. The predicted octanol–water partition coefficient (Wildman–Crippen LogP) is -6.72. The summed E-state index contributed by atoms with van der Waals surface area (Å²) in [7, 11) is 0. The van der Waals surface area contributed by atoms with Crippen LogP contribution in [0.2, 0.25) is 0 Å². The standard InChI is InChI=1S/C37H92N16O4/c38-1-17-50(18-2-39)25-9-46-13-29-54-33-37(34-55-30-14-47-10-26-51(19-3-40)20-4-41,35-56-31-15-48-11-27-52(21-5-42)22-6-43)36-57-32-16-49-12-28-53(23-7-44)24-8-45/h46-49H,1-36,38-45H2. The van der Waals surface area contributed by atoms with Crippen LogP contribution in [0.5, 0.6) is 0 Å². The van der Waals surface area contributed by atoms with Crippen molar-refractivity contribution >= 4 is 0 Å². The van der Waals surface area contributed by atoms with E-state index in [1.807, 2.05) is 0 Å². The third-order valence-corrected chi connectivity index (χ3v) is 9.31. The maximum Gasteiger partial charge on any atom is 0.0637 e. The Labute approximate surface area is 346 Å². The van der Waals surface area contributed by atoms with Gasteiger partial charge in [0.15, 0.2) is 0 Å². The van der Waals surface area contributed by atoms with Gasteiger partial charge in [0.05, 0.1) is 58.3 Å². The summed E-state index contributed by atoms with van der Waals surface area (Å²) in [5.74, 6) is 0. The van der Waals surface area contributed by atoms with Crippen molar-refractivity contribution in [3.63, 3.8) is 0 Å². The molecule has 0 aromatic rings. The second-order valence-corrected chi connectivity index (χ2v) is 14.4. The Morgan fingerprint density at radius 1 is 0.281 bits per heavy atom. The minimum absolute atomic E-state index is 0.433. The third-order valence-electron chi connectivity index (χ3n) is 9.31. The number of nitrogens with two attached hydrogens (primary N) is 8. The number of ether oxygens (including phenoxy) is 4. The maximum absolute atomic E-state index is 6.32. The molecule has 0 heterocycles. The molecule has 20 N–H and O–H groups in total. The maximum atomic E-state index is 6.32. The van der Waals surface area contributed by atoms with Crippen LogP contribution in [0.15, 0.2) is 0 Å². The number of rotatable bonds is 48. The van der Waals surface area contributed by atoms with Crippen molar-refractivity contribution in [3.8, 4) is 0 Å². The van der Waals surface area contributed by atoms with Crippen LogP contribution in [0.25, 0.3) is 0 Å². The Kier molecular flexibility index (Phi) is 42.7. The van der Waals surface area contributed by atoms with E-state index in [1.54, 1.807) is 0 Å². The second-order valence-electron chi connectivity index (χ2n) is 14.4. The molecule has 0 fully saturated rings. The molecule has 0 bridgehead atoms. The summed E-state index contributed by atoms with van der Waals surface area (Å²) in [6, 6.07) is 0. The minimum atomic E-state index is -0.504. The van der Waals surface area contributed by atoms with Crippen molar-refractivity contribution in [1.82, 2.24) is 40.9 Å². The largest absolute Gasteiger partial charge is 0.379 e. The lowest BCUT2D eigenvalue weighted by molar-refractivity contribution is -0.105. The van der Waals surface area contributed by atoms with Crippen molar-refractivity contribution in [3.05, 3.63) is 0 Å². The highest BCUT2D eigenvalue weighted by Crippen LogP contribution is 2.21. The Hall–Kier alpha value is -0.800. The van der Waals surface area contributed by atoms with Crippen molar-refractivity contribution in [1.29, 1.82) is 0 Å². The first kappa shape index (κ1) is 56.2. The Balaban J connectivity index is 5.35. The van der Waals surface area contributed by atoms with Gasteiger partial charge >= 0.3 is 0 Å². The van der Waals surface area contributed by atoms with Crippen molar-refractivity contribution in [2.24, 2.45) is 51.3 Å². The number of nitrogens with zero attached hydrogens (tertiary/aromatic N) is 4. The summed E-state index contributed by atoms with van der Waals surface area (Å²) in [5, 5.41) is 13.9. The van der Waals surface area contributed by atoms with Gasteiger partial charge < -0.3 is 86.1 Å². The quantitative estimate of drug-likeness (QED) is 0.0254. The zero-order chi connectivity index (χ0) is 41.9. The Bertz CT molecular complexity index is 655. The number of nitrogens with one attached hydrogen (secondary N) is 4. The van der Waals surface area contributed by atoms with Crippen LogP contribution < -0.4 is 67.1 Å². The van der Waals surface area contributed by atoms with Gasteiger partial charge in [-0.15, -0.1) is 0 Å². The lowest BCUT2D eigenvalue weighted by atomic mass is 9.92. The average molecular weight is 825 g/mol. The summed E-state index contributed by atoms with van der Waals surface area (Å²) in [4.78, 5) is 9.08. The average Bonchev–Trinajstić information content (AvgIpc) is 3.19.